The van der Waals surface area contributed by atoms with Gasteiger partial charge < -0.3 is 24.8 Å². The summed E-state index contributed by atoms with van der Waals surface area (Å²) in [5, 5.41) is 11.5. The fourth-order valence-electron chi connectivity index (χ4n) is 3.54. The van der Waals surface area contributed by atoms with Crippen molar-refractivity contribution in [2.24, 2.45) is 0 Å². The minimum absolute atomic E-state index is 0.0883. The van der Waals surface area contributed by atoms with Crippen LogP contribution < -0.4 is 14.8 Å². The average molecular weight is 384 g/mol. The lowest BCUT2D eigenvalue weighted by molar-refractivity contribution is -0.136. The molecular weight excluding hydrogens is 360 g/mol. The lowest BCUT2D eigenvalue weighted by atomic mass is 9.88. The van der Waals surface area contributed by atoms with Crippen molar-refractivity contribution in [3.8, 4) is 11.5 Å². The van der Waals surface area contributed by atoms with E-state index in [-0.39, 0.29) is 25.0 Å². The fourth-order valence-corrected chi connectivity index (χ4v) is 3.54. The highest BCUT2D eigenvalue weighted by Crippen LogP contribution is 2.40. The van der Waals surface area contributed by atoms with Crippen LogP contribution in [0.2, 0.25) is 0 Å². The summed E-state index contributed by atoms with van der Waals surface area (Å²) >= 11 is 0. The molecule has 7 nitrogen and oxygen atoms in total. The Morgan fingerprint density at radius 2 is 1.82 bits per heavy atom. The number of carbonyl (C=O) groups is 2. The Morgan fingerprint density at radius 1 is 1.14 bits per heavy atom. The molecule has 1 atom stereocenters. The summed E-state index contributed by atoms with van der Waals surface area (Å²) in [5.41, 5.74) is 3.05. The number of urea groups is 1. The first kappa shape index (κ1) is 19.5. The largest absolute Gasteiger partial charge is 0.493 e. The van der Waals surface area contributed by atoms with E-state index in [2.05, 4.69) is 5.32 Å². The zero-order valence-electron chi connectivity index (χ0n) is 16.0. The zero-order chi connectivity index (χ0) is 20.1. The average Bonchev–Trinajstić information content (AvgIpc) is 2.72. The van der Waals surface area contributed by atoms with Crippen LogP contribution in [0.4, 0.5) is 4.79 Å². The van der Waals surface area contributed by atoms with Crippen LogP contribution in [0.1, 0.15) is 29.2 Å². The molecule has 2 amide bonds. The van der Waals surface area contributed by atoms with Gasteiger partial charge in [-0.2, -0.15) is 0 Å². The van der Waals surface area contributed by atoms with Crippen molar-refractivity contribution in [2.75, 3.05) is 27.3 Å². The van der Waals surface area contributed by atoms with Crippen LogP contribution in [0.3, 0.4) is 0 Å². The van der Waals surface area contributed by atoms with E-state index in [0.717, 1.165) is 16.7 Å². The number of methoxy groups -OCH3 is 2. The molecule has 0 aromatic heterocycles. The lowest BCUT2D eigenvalue weighted by Gasteiger charge is -2.38. The molecule has 7 heteroatoms. The Bertz CT molecular complexity index is 853. The van der Waals surface area contributed by atoms with Crippen molar-refractivity contribution >= 4 is 12.0 Å². The second kappa shape index (κ2) is 8.65. The molecule has 0 bridgehead atoms. The molecule has 0 saturated heterocycles. The van der Waals surface area contributed by atoms with Gasteiger partial charge in [-0.05, 0) is 35.2 Å². The summed E-state index contributed by atoms with van der Waals surface area (Å²) in [6.45, 7) is 0.603. The summed E-state index contributed by atoms with van der Waals surface area (Å²) in [5.74, 6) is 0.323. The Kier molecular flexibility index (Phi) is 6.03. The summed E-state index contributed by atoms with van der Waals surface area (Å²) in [4.78, 5) is 25.3. The number of fused-ring (bicyclic) bond motifs is 1. The third kappa shape index (κ3) is 4.03. The van der Waals surface area contributed by atoms with Crippen molar-refractivity contribution in [3.63, 3.8) is 0 Å². The van der Waals surface area contributed by atoms with E-state index in [0.29, 0.717) is 24.5 Å². The number of hydrogen-bond acceptors (Lipinski definition) is 4. The zero-order valence-corrected chi connectivity index (χ0v) is 16.0. The summed E-state index contributed by atoms with van der Waals surface area (Å²) in [6.07, 6.45) is 0.558. The number of amides is 2. The molecule has 0 fully saturated rings. The Morgan fingerprint density at radius 3 is 2.46 bits per heavy atom. The standard InChI is InChI=1S/C21H24N2O5/c1-27-17-12-15-9-11-23(21(26)22-10-8-19(24)25)20(14-6-4-3-5-7-14)16(15)13-18(17)28-2/h3-7,12-13,20H,8-11H2,1-2H3,(H,22,26)(H,24,25)/t20-/m0/s1. The minimum atomic E-state index is -0.944. The number of rotatable bonds is 6. The predicted octanol–water partition coefficient (Wildman–Crippen LogP) is 2.84. The van der Waals surface area contributed by atoms with Gasteiger partial charge in [-0.1, -0.05) is 30.3 Å². The summed E-state index contributed by atoms with van der Waals surface area (Å²) in [6, 6.07) is 13.1. The molecule has 1 aliphatic heterocycles. The van der Waals surface area contributed by atoms with Gasteiger partial charge in [0.1, 0.15) is 0 Å². The number of hydrogen-bond donors (Lipinski definition) is 2. The maximum atomic E-state index is 12.8. The molecule has 0 aliphatic carbocycles. The number of carbonyl (C=O) groups excluding carboxylic acids is 1. The number of carboxylic acid groups (broad SMARTS) is 1. The number of carboxylic acids is 1. The van der Waals surface area contributed by atoms with Crippen molar-refractivity contribution in [3.05, 3.63) is 59.2 Å². The van der Waals surface area contributed by atoms with E-state index >= 15 is 0 Å². The van der Waals surface area contributed by atoms with Gasteiger partial charge in [0.15, 0.2) is 11.5 Å². The molecule has 148 valence electrons. The molecule has 2 aromatic carbocycles. The van der Waals surface area contributed by atoms with Crippen molar-refractivity contribution < 1.29 is 24.2 Å². The van der Waals surface area contributed by atoms with Gasteiger partial charge in [0.25, 0.3) is 0 Å². The number of nitrogens with one attached hydrogen (secondary N) is 1. The first-order chi connectivity index (χ1) is 13.5. The van der Waals surface area contributed by atoms with Crippen molar-refractivity contribution in [1.82, 2.24) is 10.2 Å². The van der Waals surface area contributed by atoms with Crippen LogP contribution in [0.25, 0.3) is 0 Å². The Labute approximate surface area is 163 Å². The van der Waals surface area contributed by atoms with Crippen LogP contribution in [-0.2, 0) is 11.2 Å². The van der Waals surface area contributed by atoms with Crippen LogP contribution in [0, 0.1) is 0 Å². The second-order valence-electron chi connectivity index (χ2n) is 6.54. The van der Waals surface area contributed by atoms with E-state index in [4.69, 9.17) is 14.6 Å². The highest BCUT2D eigenvalue weighted by molar-refractivity contribution is 5.77. The summed E-state index contributed by atoms with van der Waals surface area (Å²) in [7, 11) is 3.19. The number of nitrogens with zero attached hydrogens (tertiary/aromatic N) is 1. The SMILES string of the molecule is COc1cc2c(cc1OC)[C@H](c1ccccc1)N(C(=O)NCCC(=O)O)CC2. The first-order valence-corrected chi connectivity index (χ1v) is 9.11. The van der Waals surface area contributed by atoms with Gasteiger partial charge in [-0.15, -0.1) is 0 Å². The van der Waals surface area contributed by atoms with E-state index < -0.39 is 5.97 Å². The van der Waals surface area contributed by atoms with Gasteiger partial charge >= 0.3 is 12.0 Å². The van der Waals surface area contributed by atoms with E-state index in [1.165, 1.54) is 0 Å². The second-order valence-corrected chi connectivity index (χ2v) is 6.54. The van der Waals surface area contributed by atoms with Crippen LogP contribution in [0.15, 0.2) is 42.5 Å². The third-order valence-electron chi connectivity index (χ3n) is 4.86. The Hall–Kier alpha value is -3.22. The predicted molar refractivity (Wildman–Crippen MR) is 104 cm³/mol. The molecule has 28 heavy (non-hydrogen) atoms. The molecule has 0 unspecified atom stereocenters. The van der Waals surface area contributed by atoms with Gasteiger partial charge in [-0.25, -0.2) is 4.79 Å². The van der Waals surface area contributed by atoms with E-state index in [1.807, 2.05) is 42.5 Å². The fraction of sp³-hybridized carbons (Fsp3) is 0.333. The monoisotopic (exact) mass is 384 g/mol. The smallest absolute Gasteiger partial charge is 0.318 e. The normalized spacial score (nSPS) is 15.5. The van der Waals surface area contributed by atoms with Gasteiger partial charge in [0.05, 0.1) is 26.7 Å². The quantitative estimate of drug-likeness (QED) is 0.800. The minimum Gasteiger partial charge on any atom is -0.493 e. The maximum Gasteiger partial charge on any atom is 0.318 e. The van der Waals surface area contributed by atoms with Gasteiger partial charge in [0.2, 0.25) is 0 Å². The highest BCUT2D eigenvalue weighted by Gasteiger charge is 2.33. The van der Waals surface area contributed by atoms with E-state index in [1.54, 1.807) is 19.1 Å². The van der Waals surface area contributed by atoms with Crippen LogP contribution in [-0.4, -0.2) is 49.3 Å². The molecule has 0 radical (unpaired) electrons. The molecule has 1 aliphatic rings. The first-order valence-electron chi connectivity index (χ1n) is 9.11. The highest BCUT2D eigenvalue weighted by atomic mass is 16.5. The number of aliphatic carboxylic acids is 1. The third-order valence-corrected chi connectivity index (χ3v) is 4.86. The van der Waals surface area contributed by atoms with Gasteiger partial charge in [-0.3, -0.25) is 4.79 Å². The molecular formula is C21H24N2O5. The molecule has 3 rings (SSSR count). The number of benzene rings is 2. The molecule has 1 heterocycles. The van der Waals surface area contributed by atoms with Crippen LogP contribution >= 0.6 is 0 Å². The van der Waals surface area contributed by atoms with Crippen LogP contribution in [0.5, 0.6) is 11.5 Å². The van der Waals surface area contributed by atoms with Crippen molar-refractivity contribution in [2.45, 2.75) is 18.9 Å². The van der Waals surface area contributed by atoms with E-state index in [9.17, 15) is 9.59 Å². The molecule has 2 aromatic rings. The Balaban J connectivity index is 1.99. The molecule has 0 spiro atoms. The lowest BCUT2D eigenvalue weighted by Crippen LogP contribution is -2.46. The topological polar surface area (TPSA) is 88.1 Å². The summed E-state index contributed by atoms with van der Waals surface area (Å²) < 4.78 is 10.9. The van der Waals surface area contributed by atoms with Crippen molar-refractivity contribution in [1.29, 1.82) is 0 Å². The van der Waals surface area contributed by atoms with Gasteiger partial charge in [0, 0.05) is 13.1 Å². The number of ether oxygens (including phenoxy) is 2. The maximum absolute atomic E-state index is 12.8. The molecule has 0 saturated carbocycles. The molecule has 2 N–H and O–H groups in total.